The third kappa shape index (κ3) is 2.25. The van der Waals surface area contributed by atoms with Gasteiger partial charge < -0.3 is 21.1 Å². The highest BCUT2D eigenvalue weighted by Crippen LogP contribution is 2.47. The molecule has 5 rings (SSSR count). The van der Waals surface area contributed by atoms with E-state index in [9.17, 15) is 9.59 Å². The number of fused-ring (bicyclic) bond motifs is 2. The number of anilines is 2. The van der Waals surface area contributed by atoms with Gasteiger partial charge in [-0.15, -0.1) is 0 Å². The topological polar surface area (TPSA) is 119 Å². The molecule has 0 spiro atoms. The average molecular weight is 387 g/mol. The van der Waals surface area contributed by atoms with Gasteiger partial charge in [0.15, 0.2) is 11.6 Å². The molecule has 0 bridgehead atoms. The lowest BCUT2D eigenvalue weighted by atomic mass is 9.97. The van der Waals surface area contributed by atoms with Gasteiger partial charge in [0.05, 0.1) is 18.2 Å². The molecule has 9 heteroatoms. The Hall–Kier alpha value is -2.81. The smallest absolute Gasteiger partial charge is 0.329 e. The molecule has 148 valence electrons. The minimum Gasteiger partial charge on any atom is -0.492 e. The number of rotatable bonds is 3. The second kappa shape index (κ2) is 5.84. The van der Waals surface area contributed by atoms with Crippen molar-refractivity contribution in [2.75, 3.05) is 30.8 Å². The van der Waals surface area contributed by atoms with Crippen molar-refractivity contribution < 1.29 is 9.13 Å². The van der Waals surface area contributed by atoms with Crippen LogP contribution in [-0.4, -0.2) is 35.8 Å². The van der Waals surface area contributed by atoms with Crippen molar-refractivity contribution in [2.24, 2.45) is 17.6 Å². The number of hydrogen-bond acceptors (Lipinski definition) is 6. The molecule has 3 atom stereocenters. The van der Waals surface area contributed by atoms with E-state index in [2.05, 4.69) is 11.1 Å². The van der Waals surface area contributed by atoms with Crippen LogP contribution in [0, 0.1) is 17.7 Å². The van der Waals surface area contributed by atoms with Crippen LogP contribution >= 0.6 is 0 Å². The summed E-state index contributed by atoms with van der Waals surface area (Å²) in [6.45, 7) is 1.12. The van der Waals surface area contributed by atoms with Crippen LogP contribution in [0.25, 0.3) is 10.9 Å². The lowest BCUT2D eigenvalue weighted by molar-refractivity contribution is 0.413. The maximum Gasteiger partial charge on any atom is 0.329 e. The Labute approximate surface area is 159 Å². The lowest BCUT2D eigenvalue weighted by Crippen LogP contribution is -2.32. The summed E-state index contributed by atoms with van der Waals surface area (Å²) in [6, 6.07) is -0.123. The Balaban J connectivity index is 1.80. The minimum atomic E-state index is -0.707. The molecule has 1 aromatic heterocycles. The first kappa shape index (κ1) is 17.3. The maximum atomic E-state index is 15.4. The largest absolute Gasteiger partial charge is 0.492 e. The van der Waals surface area contributed by atoms with E-state index in [1.165, 1.54) is 11.7 Å². The zero-order valence-electron chi connectivity index (χ0n) is 15.4. The molecule has 1 saturated carbocycles. The summed E-state index contributed by atoms with van der Waals surface area (Å²) in [4.78, 5) is 29.1. The van der Waals surface area contributed by atoms with Crippen molar-refractivity contribution in [3.05, 3.63) is 38.8 Å². The van der Waals surface area contributed by atoms with Gasteiger partial charge in [-0.05, 0) is 12.8 Å². The molecule has 0 radical (unpaired) electrons. The van der Waals surface area contributed by atoms with Gasteiger partial charge >= 0.3 is 5.69 Å². The van der Waals surface area contributed by atoms with Gasteiger partial charge in [0.25, 0.3) is 5.56 Å². The Morgan fingerprint density at radius 3 is 2.64 bits per heavy atom. The quantitative estimate of drug-likeness (QED) is 0.527. The van der Waals surface area contributed by atoms with E-state index in [4.69, 9.17) is 16.2 Å². The summed E-state index contributed by atoms with van der Waals surface area (Å²) < 4.78 is 22.5. The maximum absolute atomic E-state index is 15.4. The molecule has 2 heterocycles. The number of nitrogens with zero attached hydrogens (tertiary/aromatic N) is 2. The van der Waals surface area contributed by atoms with Crippen LogP contribution < -0.4 is 32.4 Å². The van der Waals surface area contributed by atoms with E-state index in [1.807, 2.05) is 11.0 Å². The highest BCUT2D eigenvalue weighted by atomic mass is 19.1. The van der Waals surface area contributed by atoms with Crippen LogP contribution in [0.3, 0.4) is 0 Å². The highest BCUT2D eigenvalue weighted by molar-refractivity contribution is 5.99. The Morgan fingerprint density at radius 1 is 1.25 bits per heavy atom. The van der Waals surface area contributed by atoms with Gasteiger partial charge in [0.1, 0.15) is 11.2 Å². The third-order valence-corrected chi connectivity index (χ3v) is 6.21. The van der Waals surface area contributed by atoms with Crippen molar-refractivity contribution in [1.82, 2.24) is 9.55 Å². The zero-order valence-corrected chi connectivity index (χ0v) is 15.4. The SMILES string of the molecule is COc1c(N2CC3C=CC(N)C3C2)c(F)c(N)c2c(=O)[nH]c(=O)n(C3CC3)c12. The van der Waals surface area contributed by atoms with Crippen LogP contribution in [0.5, 0.6) is 5.75 Å². The fourth-order valence-electron chi connectivity index (χ4n) is 4.69. The molecular formula is C19H22FN5O3. The van der Waals surface area contributed by atoms with E-state index in [0.717, 1.165) is 12.8 Å². The summed E-state index contributed by atoms with van der Waals surface area (Å²) in [5.74, 6) is -0.116. The number of ether oxygens (including phenoxy) is 1. The fraction of sp³-hybridized carbons (Fsp3) is 0.474. The number of H-pyrrole nitrogens is 1. The van der Waals surface area contributed by atoms with Gasteiger partial charge in [-0.3, -0.25) is 14.3 Å². The molecule has 2 aromatic rings. The van der Waals surface area contributed by atoms with Crippen LogP contribution in [0.4, 0.5) is 15.8 Å². The van der Waals surface area contributed by atoms with E-state index < -0.39 is 17.1 Å². The van der Waals surface area contributed by atoms with Gasteiger partial charge in [-0.25, -0.2) is 9.18 Å². The molecule has 3 unspecified atom stereocenters. The van der Waals surface area contributed by atoms with E-state index in [1.54, 1.807) is 0 Å². The Morgan fingerprint density at radius 2 is 2.00 bits per heavy atom. The van der Waals surface area contributed by atoms with E-state index in [0.29, 0.717) is 13.1 Å². The predicted molar refractivity (Wildman–Crippen MR) is 104 cm³/mol. The molecule has 0 amide bonds. The molecule has 2 aliphatic carbocycles. The van der Waals surface area contributed by atoms with Crippen molar-refractivity contribution in [1.29, 1.82) is 0 Å². The molecule has 8 nitrogen and oxygen atoms in total. The van der Waals surface area contributed by atoms with Crippen molar-refractivity contribution in [3.63, 3.8) is 0 Å². The number of nitrogens with two attached hydrogens (primary N) is 2. The first-order chi connectivity index (χ1) is 13.4. The number of aromatic nitrogens is 2. The van der Waals surface area contributed by atoms with Gasteiger partial charge in [-0.1, -0.05) is 12.2 Å². The van der Waals surface area contributed by atoms with Crippen LogP contribution in [0.15, 0.2) is 21.7 Å². The molecule has 1 aliphatic heterocycles. The number of hydrogen-bond donors (Lipinski definition) is 3. The Kier molecular flexibility index (Phi) is 3.61. The Bertz CT molecular complexity index is 1130. The predicted octanol–water partition coefficient (Wildman–Crippen LogP) is 0.704. The van der Waals surface area contributed by atoms with Crippen LogP contribution in [0.2, 0.25) is 0 Å². The van der Waals surface area contributed by atoms with E-state index in [-0.39, 0.29) is 51.9 Å². The summed E-state index contributed by atoms with van der Waals surface area (Å²) >= 11 is 0. The van der Waals surface area contributed by atoms with Gasteiger partial charge in [0, 0.05) is 37.0 Å². The lowest BCUT2D eigenvalue weighted by Gasteiger charge is -2.25. The highest BCUT2D eigenvalue weighted by Gasteiger charge is 2.41. The molecule has 1 saturated heterocycles. The molecule has 1 aromatic carbocycles. The number of nitrogen functional groups attached to an aromatic ring is 1. The number of aromatic amines is 1. The fourth-order valence-corrected chi connectivity index (χ4v) is 4.69. The normalized spacial score (nSPS) is 26.2. The van der Waals surface area contributed by atoms with Crippen molar-refractivity contribution in [3.8, 4) is 5.75 Å². The van der Waals surface area contributed by atoms with Gasteiger partial charge in [-0.2, -0.15) is 0 Å². The zero-order chi connectivity index (χ0) is 19.7. The molecule has 3 aliphatic rings. The summed E-state index contributed by atoms with van der Waals surface area (Å²) in [5, 5.41) is -0.0411. The average Bonchev–Trinajstić information content (AvgIpc) is 3.30. The standard InChI is InChI=1S/C19H22FN5O3/c1-28-17-15-12(18(26)23-19(27)25(15)9-3-4-9)14(22)13(20)16(17)24-6-8-2-5-11(21)10(8)7-24/h2,5,8-11H,3-4,6-7,21-22H2,1H3,(H,23,26,27). The second-order valence-corrected chi connectivity index (χ2v) is 7.89. The second-order valence-electron chi connectivity index (χ2n) is 7.89. The summed E-state index contributed by atoms with van der Waals surface area (Å²) in [5.41, 5.74) is 11.2. The molecule has 5 N–H and O–H groups in total. The number of methoxy groups -OCH3 is 1. The summed E-state index contributed by atoms with van der Waals surface area (Å²) in [7, 11) is 1.42. The van der Waals surface area contributed by atoms with Crippen molar-refractivity contribution >= 4 is 22.3 Å². The van der Waals surface area contributed by atoms with Crippen molar-refractivity contribution in [2.45, 2.75) is 24.9 Å². The van der Waals surface area contributed by atoms with Crippen LogP contribution in [-0.2, 0) is 0 Å². The minimum absolute atomic E-state index is 0.0411. The molecule has 2 fully saturated rings. The first-order valence-electron chi connectivity index (χ1n) is 9.44. The monoisotopic (exact) mass is 387 g/mol. The third-order valence-electron chi connectivity index (χ3n) is 6.21. The summed E-state index contributed by atoms with van der Waals surface area (Å²) in [6.07, 6.45) is 5.67. The number of halogens is 1. The molecular weight excluding hydrogens is 365 g/mol. The van der Waals surface area contributed by atoms with Gasteiger partial charge in [0.2, 0.25) is 0 Å². The molecule has 28 heavy (non-hydrogen) atoms. The first-order valence-corrected chi connectivity index (χ1v) is 9.44. The number of nitrogens with one attached hydrogen (secondary N) is 1. The van der Waals surface area contributed by atoms with E-state index >= 15 is 4.39 Å². The number of benzene rings is 1. The van der Waals surface area contributed by atoms with Crippen LogP contribution in [0.1, 0.15) is 18.9 Å².